The predicted molar refractivity (Wildman–Crippen MR) is 91.5 cm³/mol. The zero-order valence-corrected chi connectivity index (χ0v) is 13.7. The quantitative estimate of drug-likeness (QED) is 0.759. The summed E-state index contributed by atoms with van der Waals surface area (Å²) in [7, 11) is 0. The Hall–Kier alpha value is -2.69. The number of hydrogen-bond acceptors (Lipinski definition) is 2. The summed E-state index contributed by atoms with van der Waals surface area (Å²) in [5.41, 5.74) is 4.98. The first kappa shape index (κ1) is 16.2. The molecule has 0 aliphatic rings. The maximum absolute atomic E-state index is 13.2. The Kier molecular flexibility index (Phi) is 4.34. The van der Waals surface area contributed by atoms with E-state index in [1.165, 1.54) is 12.1 Å². The zero-order chi connectivity index (χ0) is 17.3. The smallest absolute Gasteiger partial charge is 0.303 e. The minimum atomic E-state index is -0.810. The standard InChI is InChI=1S/C19H19FN2O2/c1-12-10-16-17(11-13(12)2)22(9-3-4-18(23)24)19(21-16)14-5-7-15(20)8-6-14/h5-8,10-11H,3-4,9H2,1-2H3,(H,23,24). The number of rotatable bonds is 5. The van der Waals surface area contributed by atoms with Crippen LogP contribution in [0.2, 0.25) is 0 Å². The van der Waals surface area contributed by atoms with Crippen LogP contribution in [0.25, 0.3) is 22.4 Å². The van der Waals surface area contributed by atoms with Gasteiger partial charge in [-0.25, -0.2) is 9.37 Å². The minimum absolute atomic E-state index is 0.105. The SMILES string of the molecule is Cc1cc2nc(-c3ccc(F)cc3)n(CCCC(=O)O)c2cc1C. The van der Waals surface area contributed by atoms with Crippen LogP contribution >= 0.6 is 0 Å². The van der Waals surface area contributed by atoms with Crippen LogP contribution in [0.1, 0.15) is 24.0 Å². The third-order valence-electron chi connectivity index (χ3n) is 4.24. The predicted octanol–water partition coefficient (Wildman–Crippen LogP) is 4.32. The van der Waals surface area contributed by atoms with Crippen LogP contribution < -0.4 is 0 Å². The minimum Gasteiger partial charge on any atom is -0.481 e. The monoisotopic (exact) mass is 326 g/mol. The second-order valence-electron chi connectivity index (χ2n) is 6.02. The molecule has 4 nitrogen and oxygen atoms in total. The molecule has 1 aromatic heterocycles. The molecule has 0 unspecified atom stereocenters. The fourth-order valence-corrected chi connectivity index (χ4v) is 2.81. The van der Waals surface area contributed by atoms with E-state index in [-0.39, 0.29) is 12.2 Å². The average Bonchev–Trinajstić information content (AvgIpc) is 2.86. The maximum atomic E-state index is 13.2. The molecule has 0 fully saturated rings. The number of imidazole rings is 1. The molecule has 0 atom stereocenters. The molecule has 0 radical (unpaired) electrons. The van der Waals surface area contributed by atoms with Crippen LogP contribution in [0.3, 0.4) is 0 Å². The number of aliphatic carboxylic acids is 1. The number of halogens is 1. The van der Waals surface area contributed by atoms with Gasteiger partial charge >= 0.3 is 5.97 Å². The summed E-state index contributed by atoms with van der Waals surface area (Å²) in [4.78, 5) is 15.5. The van der Waals surface area contributed by atoms with Gasteiger partial charge in [-0.3, -0.25) is 4.79 Å². The Labute approximate surface area is 139 Å². The van der Waals surface area contributed by atoms with Gasteiger partial charge in [-0.1, -0.05) is 0 Å². The Balaban J connectivity index is 2.11. The molecule has 3 rings (SSSR count). The molecule has 24 heavy (non-hydrogen) atoms. The fourth-order valence-electron chi connectivity index (χ4n) is 2.81. The molecule has 124 valence electrons. The van der Waals surface area contributed by atoms with Gasteiger partial charge < -0.3 is 9.67 Å². The van der Waals surface area contributed by atoms with Crippen LogP contribution in [0.15, 0.2) is 36.4 Å². The van der Waals surface area contributed by atoms with E-state index < -0.39 is 5.97 Å². The number of benzene rings is 2. The van der Waals surface area contributed by atoms with Crippen molar-refractivity contribution in [2.24, 2.45) is 0 Å². The van der Waals surface area contributed by atoms with Gasteiger partial charge in [-0.15, -0.1) is 0 Å². The molecule has 0 saturated heterocycles. The highest BCUT2D eigenvalue weighted by molar-refractivity contribution is 5.82. The van der Waals surface area contributed by atoms with Gasteiger partial charge in [0.25, 0.3) is 0 Å². The molecule has 0 aliphatic carbocycles. The van der Waals surface area contributed by atoms with E-state index >= 15 is 0 Å². The summed E-state index contributed by atoms with van der Waals surface area (Å²) in [6, 6.07) is 10.3. The number of aryl methyl sites for hydroxylation is 3. The second kappa shape index (κ2) is 6.43. The van der Waals surface area contributed by atoms with Crippen molar-refractivity contribution in [3.63, 3.8) is 0 Å². The topological polar surface area (TPSA) is 55.1 Å². The number of carboxylic acids is 1. The highest BCUT2D eigenvalue weighted by atomic mass is 19.1. The van der Waals surface area contributed by atoms with E-state index in [2.05, 4.69) is 6.07 Å². The molecule has 1 N–H and O–H groups in total. The van der Waals surface area contributed by atoms with E-state index in [1.54, 1.807) is 12.1 Å². The third kappa shape index (κ3) is 3.15. The molecule has 2 aromatic carbocycles. The number of fused-ring (bicyclic) bond motifs is 1. The van der Waals surface area contributed by atoms with Gasteiger partial charge in [-0.2, -0.15) is 0 Å². The van der Waals surface area contributed by atoms with Crippen molar-refractivity contribution in [1.29, 1.82) is 0 Å². The molecule has 1 heterocycles. The van der Waals surface area contributed by atoms with Gasteiger partial charge in [0.15, 0.2) is 0 Å². The number of carbonyl (C=O) groups is 1. The largest absolute Gasteiger partial charge is 0.481 e. The zero-order valence-electron chi connectivity index (χ0n) is 13.7. The Morgan fingerprint density at radius 3 is 2.50 bits per heavy atom. The molecule has 0 spiro atoms. The summed E-state index contributed by atoms with van der Waals surface area (Å²) in [6.07, 6.45) is 0.620. The van der Waals surface area contributed by atoms with Crippen LogP contribution in [-0.2, 0) is 11.3 Å². The fraction of sp³-hybridized carbons (Fsp3) is 0.263. The molecule has 0 bridgehead atoms. The molecule has 0 amide bonds. The highest BCUT2D eigenvalue weighted by Crippen LogP contribution is 2.27. The van der Waals surface area contributed by atoms with Gasteiger partial charge in [0.1, 0.15) is 11.6 Å². The molecular weight excluding hydrogens is 307 g/mol. The molecule has 0 saturated carbocycles. The van der Waals surface area contributed by atoms with Crippen molar-refractivity contribution < 1.29 is 14.3 Å². The van der Waals surface area contributed by atoms with Gasteiger partial charge in [-0.05, 0) is 67.8 Å². The lowest BCUT2D eigenvalue weighted by Crippen LogP contribution is -2.04. The summed E-state index contributed by atoms with van der Waals surface area (Å²) >= 11 is 0. The second-order valence-corrected chi connectivity index (χ2v) is 6.02. The van der Waals surface area contributed by atoms with Crippen LogP contribution in [0.5, 0.6) is 0 Å². The summed E-state index contributed by atoms with van der Waals surface area (Å²) in [6.45, 7) is 4.63. The number of hydrogen-bond donors (Lipinski definition) is 1. The Bertz CT molecular complexity index is 898. The van der Waals surface area contributed by atoms with Gasteiger partial charge in [0.05, 0.1) is 11.0 Å². The van der Waals surface area contributed by atoms with Crippen molar-refractivity contribution in [2.45, 2.75) is 33.2 Å². The number of nitrogens with zero attached hydrogens (tertiary/aromatic N) is 2. The van der Waals surface area contributed by atoms with Crippen molar-refractivity contribution in [3.05, 3.63) is 53.3 Å². The normalized spacial score (nSPS) is 11.1. The lowest BCUT2D eigenvalue weighted by atomic mass is 10.1. The van der Waals surface area contributed by atoms with Gasteiger partial charge in [0, 0.05) is 18.5 Å². The first-order valence-corrected chi connectivity index (χ1v) is 7.91. The third-order valence-corrected chi connectivity index (χ3v) is 4.24. The Morgan fingerprint density at radius 1 is 1.17 bits per heavy atom. The molecule has 5 heteroatoms. The number of aromatic nitrogens is 2. The van der Waals surface area contributed by atoms with Crippen molar-refractivity contribution in [2.75, 3.05) is 0 Å². The van der Waals surface area contributed by atoms with E-state index in [0.717, 1.165) is 33.5 Å². The first-order valence-electron chi connectivity index (χ1n) is 7.91. The summed E-state index contributed by atoms with van der Waals surface area (Å²) in [5.74, 6) is -0.367. The lowest BCUT2D eigenvalue weighted by Gasteiger charge is -2.09. The first-order chi connectivity index (χ1) is 11.5. The van der Waals surface area contributed by atoms with Crippen molar-refractivity contribution in [3.8, 4) is 11.4 Å². The van der Waals surface area contributed by atoms with Crippen molar-refractivity contribution >= 4 is 17.0 Å². The molecule has 0 aliphatic heterocycles. The highest BCUT2D eigenvalue weighted by Gasteiger charge is 2.14. The Morgan fingerprint density at radius 2 is 1.83 bits per heavy atom. The number of carboxylic acid groups (broad SMARTS) is 1. The van der Waals surface area contributed by atoms with E-state index in [4.69, 9.17) is 10.1 Å². The molecule has 3 aromatic rings. The molecular formula is C19H19FN2O2. The van der Waals surface area contributed by atoms with Crippen LogP contribution in [0, 0.1) is 19.7 Å². The van der Waals surface area contributed by atoms with Crippen molar-refractivity contribution in [1.82, 2.24) is 9.55 Å². The van der Waals surface area contributed by atoms with Crippen LogP contribution in [-0.4, -0.2) is 20.6 Å². The van der Waals surface area contributed by atoms with E-state index in [0.29, 0.717) is 13.0 Å². The van der Waals surface area contributed by atoms with E-state index in [9.17, 15) is 9.18 Å². The van der Waals surface area contributed by atoms with E-state index in [1.807, 2.05) is 24.5 Å². The summed E-state index contributed by atoms with van der Waals surface area (Å²) in [5, 5.41) is 8.89. The van der Waals surface area contributed by atoms with Gasteiger partial charge in [0.2, 0.25) is 0 Å². The lowest BCUT2D eigenvalue weighted by molar-refractivity contribution is -0.137. The van der Waals surface area contributed by atoms with Crippen LogP contribution in [0.4, 0.5) is 4.39 Å². The summed E-state index contributed by atoms with van der Waals surface area (Å²) < 4.78 is 15.2. The average molecular weight is 326 g/mol. The maximum Gasteiger partial charge on any atom is 0.303 e.